The summed E-state index contributed by atoms with van der Waals surface area (Å²) in [6.07, 6.45) is 0.820. The molecule has 0 radical (unpaired) electrons. The largest absolute Gasteiger partial charge is 0.480 e. The molecule has 0 rings (SSSR count). The number of amides is 2. The van der Waals surface area contributed by atoms with Gasteiger partial charge in [-0.05, 0) is 6.42 Å². The highest BCUT2D eigenvalue weighted by Crippen LogP contribution is 2.04. The van der Waals surface area contributed by atoms with E-state index in [9.17, 15) is 14.4 Å². The predicted octanol–water partition coefficient (Wildman–Crippen LogP) is 0.428. The molecular weight excluding hydrogens is 232 g/mol. The number of carboxylic acid groups (broad SMARTS) is 1. The number of hydrogen-bond acceptors (Lipinski definition) is 4. The summed E-state index contributed by atoms with van der Waals surface area (Å²) in [5.74, 6) is -1.56. The van der Waals surface area contributed by atoms with Crippen molar-refractivity contribution in [3.05, 3.63) is 0 Å². The van der Waals surface area contributed by atoms with Crippen LogP contribution in [0.5, 0.6) is 0 Å². The van der Waals surface area contributed by atoms with Crippen LogP contribution in [0.1, 0.15) is 20.3 Å². The van der Waals surface area contributed by atoms with Crippen molar-refractivity contribution in [2.75, 3.05) is 12.3 Å². The molecule has 0 aromatic rings. The molecule has 0 spiro atoms. The molecule has 0 aliphatic heterocycles. The zero-order valence-electron chi connectivity index (χ0n) is 9.28. The average molecular weight is 248 g/mol. The molecule has 0 aromatic heterocycles. The molecule has 6 nitrogen and oxygen atoms in total. The van der Waals surface area contributed by atoms with E-state index in [1.54, 1.807) is 0 Å². The number of rotatable bonds is 6. The lowest BCUT2D eigenvalue weighted by Crippen LogP contribution is -2.42. The molecule has 1 atom stereocenters. The van der Waals surface area contributed by atoms with E-state index in [0.29, 0.717) is 6.54 Å². The minimum Gasteiger partial charge on any atom is -0.480 e. The molecule has 3 N–H and O–H groups in total. The zero-order chi connectivity index (χ0) is 12.6. The van der Waals surface area contributed by atoms with E-state index >= 15 is 0 Å². The Morgan fingerprint density at radius 1 is 1.38 bits per heavy atom. The Bertz CT molecular complexity index is 270. The summed E-state index contributed by atoms with van der Waals surface area (Å²) in [5.41, 5.74) is 0. The fourth-order valence-corrected chi connectivity index (χ4v) is 1.61. The molecule has 0 fully saturated rings. The quantitative estimate of drug-likeness (QED) is 0.633. The highest BCUT2D eigenvalue weighted by Gasteiger charge is 2.19. The van der Waals surface area contributed by atoms with Crippen LogP contribution in [0.3, 0.4) is 0 Å². The van der Waals surface area contributed by atoms with Gasteiger partial charge in [-0.2, -0.15) is 0 Å². The number of hydrogen-bond donors (Lipinski definition) is 3. The van der Waals surface area contributed by atoms with Gasteiger partial charge in [-0.1, -0.05) is 18.7 Å². The lowest BCUT2D eigenvalue weighted by Gasteiger charge is -2.12. The van der Waals surface area contributed by atoms with Crippen LogP contribution in [0.25, 0.3) is 0 Å². The van der Waals surface area contributed by atoms with Crippen molar-refractivity contribution in [3.63, 3.8) is 0 Å². The molecule has 0 bridgehead atoms. The second kappa shape index (κ2) is 7.98. The molecule has 0 aliphatic rings. The van der Waals surface area contributed by atoms with E-state index in [0.717, 1.165) is 18.2 Å². The van der Waals surface area contributed by atoms with Crippen LogP contribution in [0.2, 0.25) is 0 Å². The van der Waals surface area contributed by atoms with Gasteiger partial charge in [-0.3, -0.25) is 9.59 Å². The van der Waals surface area contributed by atoms with Crippen molar-refractivity contribution in [3.8, 4) is 0 Å². The van der Waals surface area contributed by atoms with Crippen LogP contribution in [0, 0.1) is 0 Å². The Balaban J connectivity index is 3.97. The minimum absolute atomic E-state index is 0.0183. The smallest absolute Gasteiger partial charge is 0.327 e. The first-order chi connectivity index (χ1) is 7.47. The van der Waals surface area contributed by atoms with Crippen molar-refractivity contribution in [2.45, 2.75) is 26.3 Å². The molecule has 0 saturated heterocycles. The fraction of sp³-hybridized carbons (Fsp3) is 0.667. The first-order valence-electron chi connectivity index (χ1n) is 4.88. The van der Waals surface area contributed by atoms with Gasteiger partial charge in [0.1, 0.15) is 6.04 Å². The molecule has 0 aromatic carbocycles. The van der Waals surface area contributed by atoms with Crippen LogP contribution in [0.15, 0.2) is 0 Å². The van der Waals surface area contributed by atoms with Crippen LogP contribution in [-0.2, 0) is 9.59 Å². The number of carboxylic acids is 1. The SMILES string of the molecule is CCCNC(=O)SCC(NC(C)=O)C(=O)O. The Kier molecular flexibility index (Phi) is 7.36. The highest BCUT2D eigenvalue weighted by atomic mass is 32.2. The molecule has 0 aliphatic carbocycles. The van der Waals surface area contributed by atoms with E-state index in [2.05, 4.69) is 10.6 Å². The van der Waals surface area contributed by atoms with Crippen LogP contribution < -0.4 is 10.6 Å². The van der Waals surface area contributed by atoms with Gasteiger partial charge in [0.05, 0.1) is 0 Å². The van der Waals surface area contributed by atoms with E-state index < -0.39 is 17.9 Å². The third-order valence-corrected chi connectivity index (χ3v) is 2.48. The van der Waals surface area contributed by atoms with E-state index in [-0.39, 0.29) is 11.0 Å². The maximum atomic E-state index is 11.2. The summed E-state index contributed by atoms with van der Waals surface area (Å²) >= 11 is 0.849. The Labute approximate surface area is 98.2 Å². The molecular formula is C9H16N2O4S. The third-order valence-electron chi connectivity index (χ3n) is 1.58. The Morgan fingerprint density at radius 3 is 2.44 bits per heavy atom. The zero-order valence-corrected chi connectivity index (χ0v) is 10.1. The Hall–Kier alpha value is -1.24. The number of carbonyl (C=O) groups excluding carboxylic acids is 2. The van der Waals surface area contributed by atoms with E-state index in [4.69, 9.17) is 5.11 Å². The van der Waals surface area contributed by atoms with Crippen LogP contribution in [0.4, 0.5) is 4.79 Å². The monoisotopic (exact) mass is 248 g/mol. The van der Waals surface area contributed by atoms with Gasteiger partial charge in [-0.25, -0.2) is 4.79 Å². The van der Waals surface area contributed by atoms with E-state index in [1.807, 2.05) is 6.92 Å². The first kappa shape index (κ1) is 14.8. The van der Waals surface area contributed by atoms with Gasteiger partial charge >= 0.3 is 5.97 Å². The van der Waals surface area contributed by atoms with Gasteiger partial charge in [0.2, 0.25) is 5.91 Å². The van der Waals surface area contributed by atoms with Gasteiger partial charge < -0.3 is 15.7 Å². The summed E-state index contributed by atoms with van der Waals surface area (Å²) in [4.78, 5) is 32.6. The summed E-state index contributed by atoms with van der Waals surface area (Å²) in [7, 11) is 0. The Morgan fingerprint density at radius 2 is 2.00 bits per heavy atom. The summed E-state index contributed by atoms with van der Waals surface area (Å²) in [6, 6.07) is -1.03. The molecule has 16 heavy (non-hydrogen) atoms. The van der Waals surface area contributed by atoms with Crippen molar-refractivity contribution in [2.24, 2.45) is 0 Å². The topological polar surface area (TPSA) is 95.5 Å². The molecule has 2 amide bonds. The van der Waals surface area contributed by atoms with Gasteiger partial charge in [0.25, 0.3) is 5.24 Å². The predicted molar refractivity (Wildman–Crippen MR) is 61.4 cm³/mol. The summed E-state index contributed by atoms with van der Waals surface area (Å²) < 4.78 is 0. The molecule has 0 saturated carbocycles. The van der Waals surface area contributed by atoms with Gasteiger partial charge in [0.15, 0.2) is 0 Å². The fourth-order valence-electron chi connectivity index (χ4n) is 0.857. The van der Waals surface area contributed by atoms with Gasteiger partial charge in [-0.15, -0.1) is 0 Å². The number of aliphatic carboxylic acids is 1. The minimum atomic E-state index is -1.15. The molecule has 1 unspecified atom stereocenters. The highest BCUT2D eigenvalue weighted by molar-refractivity contribution is 8.13. The average Bonchev–Trinajstić information content (AvgIpc) is 2.20. The summed E-state index contributed by atoms with van der Waals surface area (Å²) in [5, 5.41) is 13.3. The standard InChI is InChI=1S/C9H16N2O4S/c1-3-4-10-9(15)16-5-7(8(13)14)11-6(2)12/h7H,3-5H2,1-2H3,(H,10,15)(H,11,12)(H,13,14). The first-order valence-corrected chi connectivity index (χ1v) is 5.86. The number of thioether (sulfide) groups is 1. The van der Waals surface area contributed by atoms with Crippen molar-refractivity contribution in [1.29, 1.82) is 0 Å². The van der Waals surface area contributed by atoms with E-state index in [1.165, 1.54) is 6.92 Å². The third kappa shape index (κ3) is 7.10. The van der Waals surface area contributed by atoms with Crippen molar-refractivity contribution >= 4 is 28.9 Å². The van der Waals surface area contributed by atoms with Gasteiger partial charge in [0, 0.05) is 19.2 Å². The molecule has 0 heterocycles. The number of nitrogens with one attached hydrogen (secondary N) is 2. The molecule has 92 valence electrons. The summed E-state index contributed by atoms with van der Waals surface area (Å²) in [6.45, 7) is 3.71. The lowest BCUT2D eigenvalue weighted by molar-refractivity contribution is -0.140. The van der Waals surface area contributed by atoms with Crippen molar-refractivity contribution in [1.82, 2.24) is 10.6 Å². The lowest BCUT2D eigenvalue weighted by atomic mass is 10.3. The molecule has 7 heteroatoms. The normalized spacial score (nSPS) is 11.6. The maximum absolute atomic E-state index is 11.2. The van der Waals surface area contributed by atoms with Crippen LogP contribution >= 0.6 is 11.8 Å². The second-order valence-corrected chi connectivity index (χ2v) is 4.11. The second-order valence-electron chi connectivity index (χ2n) is 3.12. The van der Waals surface area contributed by atoms with Crippen LogP contribution in [-0.4, -0.2) is 40.6 Å². The number of carbonyl (C=O) groups is 3. The maximum Gasteiger partial charge on any atom is 0.327 e. The van der Waals surface area contributed by atoms with Crippen molar-refractivity contribution < 1.29 is 19.5 Å².